The lowest BCUT2D eigenvalue weighted by atomic mass is 10.0. The first-order chi connectivity index (χ1) is 6.59. The van der Waals surface area contributed by atoms with E-state index in [0.717, 1.165) is 0 Å². The van der Waals surface area contributed by atoms with Crippen molar-refractivity contribution in [2.75, 3.05) is 0 Å². The first-order valence-electron chi connectivity index (χ1n) is 3.28. The number of hydrogen-bond donors (Lipinski definition) is 0. The average molecular weight is 246 g/mol. The Labute approximate surface area is 77.4 Å². The molecule has 0 aliphatic carbocycles. The number of hydrogen-bond acceptors (Lipinski definition) is 0. The molecule has 2 unspecified atom stereocenters. The maximum atomic E-state index is 12.3. The van der Waals surface area contributed by atoms with Crippen molar-refractivity contribution in [2.45, 2.75) is 18.8 Å². The fraction of sp³-hybridized carbons (Fsp3) is 0.667. The van der Waals surface area contributed by atoms with Crippen LogP contribution in [0.15, 0.2) is 11.9 Å². The molecule has 2 atom stereocenters. The van der Waals surface area contributed by atoms with Crippen LogP contribution < -0.4 is 0 Å². The fourth-order valence-electron chi connectivity index (χ4n) is 0.698. The Morgan fingerprint density at radius 2 is 1.27 bits per heavy atom. The Morgan fingerprint density at radius 3 is 1.47 bits per heavy atom. The van der Waals surface area contributed by atoms with Crippen LogP contribution in [0.25, 0.3) is 0 Å². The monoisotopic (exact) mass is 246 g/mol. The summed E-state index contributed by atoms with van der Waals surface area (Å²) < 4.78 is 105. The molecule has 0 radical (unpaired) electrons. The summed E-state index contributed by atoms with van der Waals surface area (Å²) in [5, 5.41) is 0. The van der Waals surface area contributed by atoms with Crippen molar-refractivity contribution in [2.24, 2.45) is 5.92 Å². The SMILES string of the molecule is FC(F)=C(F)C(F)C(C(F)F)C(F)(F)F. The summed E-state index contributed by atoms with van der Waals surface area (Å²) in [6.07, 6.45) is -17.6. The molecule has 0 aromatic carbocycles. The lowest BCUT2D eigenvalue weighted by molar-refractivity contribution is -0.221. The molecule has 0 N–H and O–H groups in total. The summed E-state index contributed by atoms with van der Waals surface area (Å²) in [4.78, 5) is 0. The summed E-state index contributed by atoms with van der Waals surface area (Å²) in [6.45, 7) is 0. The van der Waals surface area contributed by atoms with Crippen molar-refractivity contribution in [3.8, 4) is 0 Å². The van der Waals surface area contributed by atoms with E-state index in [-0.39, 0.29) is 0 Å². The highest BCUT2D eigenvalue weighted by atomic mass is 19.4. The molecule has 9 heteroatoms. The van der Waals surface area contributed by atoms with Gasteiger partial charge in [-0.25, -0.2) is 17.6 Å². The fourth-order valence-corrected chi connectivity index (χ4v) is 0.698. The van der Waals surface area contributed by atoms with Gasteiger partial charge in [0.25, 0.3) is 6.43 Å². The zero-order valence-corrected chi connectivity index (χ0v) is 6.63. The Kier molecular flexibility index (Phi) is 4.47. The van der Waals surface area contributed by atoms with Crippen molar-refractivity contribution in [1.29, 1.82) is 0 Å². The molecule has 0 saturated heterocycles. The predicted molar refractivity (Wildman–Crippen MR) is 30.8 cm³/mol. The van der Waals surface area contributed by atoms with Gasteiger partial charge in [0.1, 0.15) is 0 Å². The normalized spacial score (nSPS) is 16.4. The third-order valence-corrected chi connectivity index (χ3v) is 1.39. The molecule has 0 spiro atoms. The minimum absolute atomic E-state index is 3.13. The van der Waals surface area contributed by atoms with Crippen LogP contribution in [0.5, 0.6) is 0 Å². The highest BCUT2D eigenvalue weighted by Crippen LogP contribution is 2.38. The summed E-state index contributed by atoms with van der Waals surface area (Å²) in [5.74, 6) is -7.23. The average Bonchev–Trinajstić information content (AvgIpc) is 1.98. The molecule has 90 valence electrons. The van der Waals surface area contributed by atoms with Crippen LogP contribution in [-0.2, 0) is 0 Å². The van der Waals surface area contributed by atoms with Crippen LogP contribution in [0, 0.1) is 5.92 Å². The van der Waals surface area contributed by atoms with E-state index in [1.165, 1.54) is 0 Å². The molecule has 0 bridgehead atoms. The molecule has 0 heterocycles. The smallest absolute Gasteiger partial charge is 0.239 e. The molecule has 0 saturated carbocycles. The first-order valence-corrected chi connectivity index (χ1v) is 3.28. The molecule has 0 fully saturated rings. The van der Waals surface area contributed by atoms with E-state index in [1.54, 1.807) is 0 Å². The number of alkyl halides is 6. The van der Waals surface area contributed by atoms with Gasteiger partial charge in [-0.1, -0.05) is 0 Å². The molecule has 0 rings (SSSR count). The molecule has 0 aliphatic heterocycles. The van der Waals surface area contributed by atoms with Crippen molar-refractivity contribution >= 4 is 0 Å². The maximum Gasteiger partial charge on any atom is 0.400 e. The van der Waals surface area contributed by atoms with Crippen LogP contribution in [0.1, 0.15) is 0 Å². The summed E-state index contributed by atoms with van der Waals surface area (Å²) in [5.41, 5.74) is 0. The van der Waals surface area contributed by atoms with Gasteiger partial charge in [0.2, 0.25) is 0 Å². The van der Waals surface area contributed by atoms with E-state index in [0.29, 0.717) is 0 Å². The quantitative estimate of drug-likeness (QED) is 0.663. The summed E-state index contributed by atoms with van der Waals surface area (Å²) >= 11 is 0. The molecule has 0 aromatic rings. The van der Waals surface area contributed by atoms with E-state index in [9.17, 15) is 39.5 Å². The highest BCUT2D eigenvalue weighted by Gasteiger charge is 2.53. The highest BCUT2D eigenvalue weighted by molar-refractivity contribution is 5.03. The molecular weight excluding hydrogens is 243 g/mol. The van der Waals surface area contributed by atoms with E-state index < -0.39 is 36.6 Å². The van der Waals surface area contributed by atoms with Gasteiger partial charge >= 0.3 is 12.3 Å². The Bertz CT molecular complexity index is 235. The van der Waals surface area contributed by atoms with Crippen LogP contribution in [-0.4, -0.2) is 18.8 Å². The van der Waals surface area contributed by atoms with Gasteiger partial charge < -0.3 is 0 Å². The topological polar surface area (TPSA) is 0 Å². The lowest BCUT2D eigenvalue weighted by Gasteiger charge is -2.21. The Hall–Kier alpha value is -0.890. The van der Waals surface area contributed by atoms with Crippen molar-refractivity contribution < 1.29 is 39.5 Å². The summed E-state index contributed by atoms with van der Waals surface area (Å²) in [7, 11) is 0. The van der Waals surface area contributed by atoms with E-state index in [2.05, 4.69) is 0 Å². The van der Waals surface area contributed by atoms with Crippen molar-refractivity contribution in [3.05, 3.63) is 11.9 Å². The largest absolute Gasteiger partial charge is 0.400 e. The second kappa shape index (κ2) is 4.75. The molecular formula is C6H3F9. The minimum atomic E-state index is -5.81. The van der Waals surface area contributed by atoms with Crippen LogP contribution in [0.3, 0.4) is 0 Å². The number of halogens is 9. The predicted octanol–water partition coefficient (Wildman–Crippen LogP) is 3.85. The van der Waals surface area contributed by atoms with E-state index in [1.807, 2.05) is 0 Å². The second-order valence-electron chi connectivity index (χ2n) is 2.41. The number of allylic oxidation sites excluding steroid dienone is 1. The zero-order chi connectivity index (χ0) is 12.4. The standard InChI is InChI=1S/C6H3F9/c7-2(3(8)5(11)12)1(4(9)10)6(13,14)15/h1-2,4H. The molecule has 15 heavy (non-hydrogen) atoms. The van der Waals surface area contributed by atoms with Crippen LogP contribution in [0.2, 0.25) is 0 Å². The van der Waals surface area contributed by atoms with Crippen LogP contribution in [0.4, 0.5) is 39.5 Å². The van der Waals surface area contributed by atoms with E-state index in [4.69, 9.17) is 0 Å². The minimum Gasteiger partial charge on any atom is -0.239 e. The van der Waals surface area contributed by atoms with Gasteiger partial charge in [0.15, 0.2) is 17.9 Å². The van der Waals surface area contributed by atoms with Gasteiger partial charge in [0, 0.05) is 0 Å². The first kappa shape index (κ1) is 14.1. The third-order valence-electron chi connectivity index (χ3n) is 1.39. The molecule has 0 aliphatic rings. The molecule has 0 amide bonds. The van der Waals surface area contributed by atoms with Crippen molar-refractivity contribution in [1.82, 2.24) is 0 Å². The van der Waals surface area contributed by atoms with Crippen LogP contribution >= 0.6 is 0 Å². The van der Waals surface area contributed by atoms with Gasteiger partial charge in [-0.15, -0.1) is 0 Å². The van der Waals surface area contributed by atoms with Gasteiger partial charge in [-0.2, -0.15) is 22.0 Å². The van der Waals surface area contributed by atoms with Gasteiger partial charge in [0.05, 0.1) is 0 Å². The summed E-state index contributed by atoms with van der Waals surface area (Å²) in [6, 6.07) is 0. The van der Waals surface area contributed by atoms with Gasteiger partial charge in [-0.05, 0) is 0 Å². The van der Waals surface area contributed by atoms with Gasteiger partial charge in [-0.3, -0.25) is 0 Å². The lowest BCUT2D eigenvalue weighted by Crippen LogP contribution is -2.37. The second-order valence-corrected chi connectivity index (χ2v) is 2.41. The third kappa shape index (κ3) is 3.63. The Morgan fingerprint density at radius 1 is 0.867 bits per heavy atom. The molecule has 0 aromatic heterocycles. The molecule has 0 nitrogen and oxygen atoms in total. The zero-order valence-electron chi connectivity index (χ0n) is 6.63. The van der Waals surface area contributed by atoms with Crippen molar-refractivity contribution in [3.63, 3.8) is 0 Å². The maximum absolute atomic E-state index is 12.3. The Balaban J connectivity index is 5.05. The number of rotatable bonds is 3. The van der Waals surface area contributed by atoms with E-state index >= 15 is 0 Å².